The fourth-order valence-electron chi connectivity index (χ4n) is 2.56. The molecule has 1 fully saturated rings. The van der Waals surface area contributed by atoms with Gasteiger partial charge < -0.3 is 9.87 Å². The Kier molecular flexibility index (Phi) is 5.50. The molecular weight excluding hydrogens is 322 g/mol. The number of anilines is 1. The predicted molar refractivity (Wildman–Crippen MR) is 96.5 cm³/mol. The lowest BCUT2D eigenvalue weighted by Crippen LogP contribution is -2.39. The van der Waals surface area contributed by atoms with E-state index in [-0.39, 0.29) is 5.91 Å². The van der Waals surface area contributed by atoms with Crippen molar-refractivity contribution >= 4 is 22.8 Å². The first-order valence-electron chi connectivity index (χ1n) is 8.00. The van der Waals surface area contributed by atoms with Crippen LogP contribution in [-0.2, 0) is 17.7 Å². The Morgan fingerprint density at radius 3 is 2.54 bits per heavy atom. The predicted octanol–water partition coefficient (Wildman–Crippen LogP) is 2.21. The monoisotopic (exact) mass is 343 g/mol. The number of aryl methyl sites for hydroxylation is 1. The normalized spacial score (nSPS) is 16.1. The molecule has 1 N–H and O–H groups in total. The number of hydrogen-bond acceptors (Lipinski definition) is 4. The SMILES string of the molecule is Cc1ccc(C(=O)Nc2ccc(CN3CC[S+]([O-])CC3)nc2)cc1. The maximum Gasteiger partial charge on any atom is 0.255 e. The van der Waals surface area contributed by atoms with Crippen LogP contribution in [0.3, 0.4) is 0 Å². The molecule has 5 nitrogen and oxygen atoms in total. The highest BCUT2D eigenvalue weighted by Crippen LogP contribution is 2.12. The Hall–Kier alpha value is -1.89. The highest BCUT2D eigenvalue weighted by molar-refractivity contribution is 7.91. The van der Waals surface area contributed by atoms with Gasteiger partial charge in [-0.3, -0.25) is 14.7 Å². The van der Waals surface area contributed by atoms with Gasteiger partial charge in [-0.25, -0.2) is 0 Å². The second-order valence-corrected chi connectivity index (χ2v) is 7.68. The summed E-state index contributed by atoms with van der Waals surface area (Å²) < 4.78 is 11.4. The average Bonchev–Trinajstić information content (AvgIpc) is 2.59. The van der Waals surface area contributed by atoms with Crippen LogP contribution in [0.25, 0.3) is 0 Å². The number of aromatic nitrogens is 1. The zero-order valence-electron chi connectivity index (χ0n) is 13.7. The molecule has 2 aromatic rings. The van der Waals surface area contributed by atoms with Crippen LogP contribution in [0.5, 0.6) is 0 Å². The van der Waals surface area contributed by atoms with Crippen LogP contribution in [0, 0.1) is 6.92 Å². The van der Waals surface area contributed by atoms with Crippen molar-refractivity contribution in [2.75, 3.05) is 29.9 Å². The van der Waals surface area contributed by atoms with Gasteiger partial charge >= 0.3 is 0 Å². The van der Waals surface area contributed by atoms with Crippen molar-refractivity contribution in [2.24, 2.45) is 0 Å². The molecule has 0 atom stereocenters. The fourth-order valence-corrected chi connectivity index (χ4v) is 3.69. The van der Waals surface area contributed by atoms with Gasteiger partial charge in [-0.1, -0.05) is 28.9 Å². The summed E-state index contributed by atoms with van der Waals surface area (Å²) in [5.41, 5.74) is 3.39. The molecule has 0 radical (unpaired) electrons. The van der Waals surface area contributed by atoms with E-state index in [0.717, 1.165) is 42.4 Å². The summed E-state index contributed by atoms with van der Waals surface area (Å²) >= 11 is -0.659. The first-order valence-corrected chi connectivity index (χ1v) is 9.49. The standard InChI is InChI=1S/C18H21N3O2S/c1-14-2-4-15(5-3-14)18(22)20-16-6-7-17(19-12-16)13-21-8-10-24(23)11-9-21/h2-7,12H,8-11,13H2,1H3,(H,20,22). The summed E-state index contributed by atoms with van der Waals surface area (Å²) in [6.45, 7) is 4.44. The molecule has 2 heterocycles. The van der Waals surface area contributed by atoms with Gasteiger partial charge in [-0.2, -0.15) is 0 Å². The van der Waals surface area contributed by atoms with E-state index in [1.54, 1.807) is 6.20 Å². The Balaban J connectivity index is 1.56. The summed E-state index contributed by atoms with van der Waals surface area (Å²) in [6.07, 6.45) is 1.68. The van der Waals surface area contributed by atoms with Crippen molar-refractivity contribution in [3.63, 3.8) is 0 Å². The average molecular weight is 343 g/mol. The molecular formula is C18H21N3O2S. The molecule has 1 aromatic carbocycles. The van der Waals surface area contributed by atoms with Crippen molar-refractivity contribution in [1.82, 2.24) is 9.88 Å². The van der Waals surface area contributed by atoms with E-state index in [1.165, 1.54) is 0 Å². The van der Waals surface area contributed by atoms with Crippen molar-refractivity contribution in [3.8, 4) is 0 Å². The number of nitrogens with one attached hydrogen (secondary N) is 1. The number of benzene rings is 1. The maximum atomic E-state index is 12.2. The first-order chi connectivity index (χ1) is 11.6. The van der Waals surface area contributed by atoms with E-state index in [0.29, 0.717) is 11.3 Å². The quantitative estimate of drug-likeness (QED) is 0.864. The van der Waals surface area contributed by atoms with E-state index in [2.05, 4.69) is 15.2 Å². The molecule has 0 bridgehead atoms. The van der Waals surface area contributed by atoms with Crippen LogP contribution in [0.2, 0.25) is 0 Å². The molecule has 24 heavy (non-hydrogen) atoms. The first kappa shape index (κ1) is 17.0. The van der Waals surface area contributed by atoms with Gasteiger partial charge in [-0.15, -0.1) is 0 Å². The third kappa shape index (κ3) is 4.56. The molecule has 0 unspecified atom stereocenters. The Bertz CT molecular complexity index is 680. The minimum absolute atomic E-state index is 0.136. The summed E-state index contributed by atoms with van der Waals surface area (Å²) in [7, 11) is 0. The van der Waals surface area contributed by atoms with Crippen LogP contribution in [0.15, 0.2) is 42.6 Å². The van der Waals surface area contributed by atoms with Crippen molar-refractivity contribution in [1.29, 1.82) is 0 Å². The number of amides is 1. The molecule has 126 valence electrons. The molecule has 1 saturated heterocycles. The molecule has 0 spiro atoms. The zero-order valence-corrected chi connectivity index (χ0v) is 14.5. The smallest absolute Gasteiger partial charge is 0.255 e. The molecule has 3 rings (SSSR count). The van der Waals surface area contributed by atoms with Crippen LogP contribution < -0.4 is 5.32 Å². The molecule has 1 aliphatic rings. The van der Waals surface area contributed by atoms with Gasteiger partial charge in [0.05, 0.1) is 17.6 Å². The Labute approximate surface area is 145 Å². The number of carbonyl (C=O) groups is 1. The molecule has 6 heteroatoms. The van der Waals surface area contributed by atoms with Crippen molar-refractivity contribution in [2.45, 2.75) is 13.5 Å². The summed E-state index contributed by atoms with van der Waals surface area (Å²) in [5, 5.41) is 2.86. The number of nitrogens with zero attached hydrogens (tertiary/aromatic N) is 2. The van der Waals surface area contributed by atoms with Gasteiger partial charge in [0.1, 0.15) is 11.5 Å². The second-order valence-electron chi connectivity index (χ2n) is 5.98. The van der Waals surface area contributed by atoms with Gasteiger partial charge in [0.2, 0.25) is 0 Å². The van der Waals surface area contributed by atoms with E-state index in [4.69, 9.17) is 0 Å². The van der Waals surface area contributed by atoms with Gasteiger partial charge in [0.15, 0.2) is 0 Å². The largest absolute Gasteiger partial charge is 0.616 e. The van der Waals surface area contributed by atoms with Gasteiger partial charge in [0, 0.05) is 25.2 Å². The highest BCUT2D eigenvalue weighted by atomic mass is 32.2. The van der Waals surface area contributed by atoms with Crippen LogP contribution in [0.4, 0.5) is 5.69 Å². The second kappa shape index (κ2) is 7.79. The molecule has 0 aliphatic carbocycles. The van der Waals surface area contributed by atoms with E-state index in [1.807, 2.05) is 43.3 Å². The molecule has 1 aromatic heterocycles. The van der Waals surface area contributed by atoms with Gasteiger partial charge in [-0.05, 0) is 31.2 Å². The van der Waals surface area contributed by atoms with E-state index in [9.17, 15) is 9.35 Å². The lowest BCUT2D eigenvalue weighted by Gasteiger charge is -2.27. The minimum atomic E-state index is -0.659. The van der Waals surface area contributed by atoms with Crippen molar-refractivity contribution in [3.05, 3.63) is 59.4 Å². The summed E-state index contributed by atoms with van der Waals surface area (Å²) in [5.74, 6) is 1.35. The topological polar surface area (TPSA) is 68.3 Å². The van der Waals surface area contributed by atoms with Crippen molar-refractivity contribution < 1.29 is 9.35 Å². The van der Waals surface area contributed by atoms with Crippen LogP contribution in [-0.4, -0.2) is 44.9 Å². The lowest BCUT2D eigenvalue weighted by atomic mass is 10.1. The number of hydrogen-bond donors (Lipinski definition) is 1. The third-order valence-corrected chi connectivity index (χ3v) is 5.33. The lowest BCUT2D eigenvalue weighted by molar-refractivity contribution is 0.102. The van der Waals surface area contributed by atoms with E-state index >= 15 is 0 Å². The van der Waals surface area contributed by atoms with E-state index < -0.39 is 11.2 Å². The van der Waals surface area contributed by atoms with Gasteiger partial charge in [0.25, 0.3) is 5.91 Å². The minimum Gasteiger partial charge on any atom is -0.616 e. The Morgan fingerprint density at radius 2 is 1.92 bits per heavy atom. The molecule has 1 aliphatic heterocycles. The fraction of sp³-hybridized carbons (Fsp3) is 0.333. The zero-order chi connectivity index (χ0) is 16.9. The number of rotatable bonds is 4. The number of carbonyl (C=O) groups excluding carboxylic acids is 1. The molecule has 0 saturated carbocycles. The number of pyridine rings is 1. The highest BCUT2D eigenvalue weighted by Gasteiger charge is 2.19. The summed E-state index contributed by atoms with van der Waals surface area (Å²) in [4.78, 5) is 18.9. The summed E-state index contributed by atoms with van der Waals surface area (Å²) in [6, 6.07) is 11.3. The molecule has 1 amide bonds. The maximum absolute atomic E-state index is 12.2. The third-order valence-electron chi connectivity index (χ3n) is 4.05. The Morgan fingerprint density at radius 1 is 1.21 bits per heavy atom. The van der Waals surface area contributed by atoms with Crippen LogP contribution in [0.1, 0.15) is 21.6 Å². The van der Waals surface area contributed by atoms with Crippen LogP contribution >= 0.6 is 0 Å².